The average molecular weight is 234 g/mol. The van der Waals surface area contributed by atoms with Gasteiger partial charge in [-0.1, -0.05) is 12.8 Å². The van der Waals surface area contributed by atoms with E-state index >= 15 is 0 Å². The summed E-state index contributed by atoms with van der Waals surface area (Å²) in [7, 11) is 0. The Balaban J connectivity index is 1.47. The van der Waals surface area contributed by atoms with Crippen LogP contribution in [0.1, 0.15) is 44.9 Å². The molecule has 3 aliphatic carbocycles. The second kappa shape index (κ2) is 3.96. The van der Waals surface area contributed by atoms with Crippen LogP contribution >= 0.6 is 0 Å². The largest absolute Gasteiger partial charge is 0.327 e. The summed E-state index contributed by atoms with van der Waals surface area (Å²) in [6.07, 6.45) is 10.2. The molecule has 4 aliphatic rings. The first-order valence-electron chi connectivity index (χ1n) is 7.81. The third-order valence-corrected chi connectivity index (χ3v) is 6.35. The summed E-state index contributed by atoms with van der Waals surface area (Å²) in [5, 5.41) is 0. The summed E-state index contributed by atoms with van der Waals surface area (Å²) in [6, 6.07) is 1.46. The van der Waals surface area contributed by atoms with Crippen LogP contribution in [0.5, 0.6) is 0 Å². The van der Waals surface area contributed by atoms with E-state index in [1.54, 1.807) is 6.42 Å². The summed E-state index contributed by atoms with van der Waals surface area (Å²) in [5.74, 6) is 3.92. The van der Waals surface area contributed by atoms with Gasteiger partial charge >= 0.3 is 0 Å². The van der Waals surface area contributed by atoms with E-state index in [-0.39, 0.29) is 0 Å². The Morgan fingerprint density at radius 1 is 0.882 bits per heavy atom. The molecule has 6 atom stereocenters. The summed E-state index contributed by atoms with van der Waals surface area (Å²) in [6.45, 7) is 2.71. The first-order chi connectivity index (χ1) is 8.31. The van der Waals surface area contributed by atoms with Crippen molar-refractivity contribution < 1.29 is 0 Å². The Morgan fingerprint density at radius 2 is 1.82 bits per heavy atom. The highest BCUT2D eigenvalue weighted by Crippen LogP contribution is 2.49. The van der Waals surface area contributed by atoms with Crippen molar-refractivity contribution in [2.45, 2.75) is 57.0 Å². The third kappa shape index (κ3) is 1.67. The van der Waals surface area contributed by atoms with Gasteiger partial charge in [-0.2, -0.15) is 0 Å². The van der Waals surface area contributed by atoms with Gasteiger partial charge in [0.1, 0.15) is 0 Å². The van der Waals surface area contributed by atoms with Crippen LogP contribution in [-0.4, -0.2) is 30.1 Å². The van der Waals surface area contributed by atoms with Gasteiger partial charge in [-0.25, -0.2) is 0 Å². The van der Waals surface area contributed by atoms with Gasteiger partial charge in [0.25, 0.3) is 0 Å². The van der Waals surface area contributed by atoms with Crippen LogP contribution < -0.4 is 5.73 Å². The maximum absolute atomic E-state index is 6.33. The molecule has 2 nitrogen and oxygen atoms in total. The Kier molecular flexibility index (Phi) is 2.52. The van der Waals surface area contributed by atoms with Crippen molar-refractivity contribution in [1.82, 2.24) is 4.90 Å². The molecule has 0 spiro atoms. The highest BCUT2D eigenvalue weighted by molar-refractivity contribution is 5.01. The molecule has 0 radical (unpaired) electrons. The van der Waals surface area contributed by atoms with Gasteiger partial charge in [-0.3, -0.25) is 4.90 Å². The minimum Gasteiger partial charge on any atom is -0.327 e. The average Bonchev–Trinajstić information content (AvgIpc) is 3.03. The van der Waals surface area contributed by atoms with E-state index in [0.29, 0.717) is 6.04 Å². The highest BCUT2D eigenvalue weighted by Gasteiger charge is 2.47. The van der Waals surface area contributed by atoms with Crippen molar-refractivity contribution in [3.8, 4) is 0 Å². The van der Waals surface area contributed by atoms with Gasteiger partial charge in [-0.05, 0) is 55.8 Å². The van der Waals surface area contributed by atoms with Crippen molar-refractivity contribution in [2.24, 2.45) is 29.4 Å². The number of hydrogen-bond acceptors (Lipinski definition) is 2. The number of nitrogens with two attached hydrogens (primary N) is 1. The maximum atomic E-state index is 6.33. The zero-order valence-corrected chi connectivity index (χ0v) is 10.9. The fraction of sp³-hybridized carbons (Fsp3) is 1.00. The topological polar surface area (TPSA) is 29.3 Å². The standard InChI is InChI=1S/C15H26N2/c16-14-3-1-2-12-8-17(9-13(12)14)15-7-10-4-5-11(15)6-10/h10-15H,1-9,16H2. The van der Waals surface area contributed by atoms with Gasteiger partial charge < -0.3 is 5.73 Å². The predicted molar refractivity (Wildman–Crippen MR) is 69.6 cm³/mol. The zero-order valence-electron chi connectivity index (χ0n) is 10.9. The van der Waals surface area contributed by atoms with Crippen LogP contribution in [0.15, 0.2) is 0 Å². The van der Waals surface area contributed by atoms with E-state index < -0.39 is 0 Å². The van der Waals surface area contributed by atoms with Crippen LogP contribution in [0.4, 0.5) is 0 Å². The molecule has 4 fully saturated rings. The van der Waals surface area contributed by atoms with Crippen LogP contribution in [0.25, 0.3) is 0 Å². The number of likely N-dealkylation sites (tertiary alicyclic amines) is 1. The molecule has 0 aromatic rings. The molecule has 96 valence electrons. The number of hydrogen-bond donors (Lipinski definition) is 1. The van der Waals surface area contributed by atoms with Crippen molar-refractivity contribution in [3.05, 3.63) is 0 Å². The molecular formula is C15H26N2. The lowest BCUT2D eigenvalue weighted by atomic mass is 9.78. The fourth-order valence-electron chi connectivity index (χ4n) is 5.48. The lowest BCUT2D eigenvalue weighted by Crippen LogP contribution is -2.40. The summed E-state index contributed by atoms with van der Waals surface area (Å²) >= 11 is 0. The highest BCUT2D eigenvalue weighted by atomic mass is 15.2. The van der Waals surface area contributed by atoms with E-state index in [4.69, 9.17) is 5.73 Å². The molecular weight excluding hydrogens is 208 g/mol. The van der Waals surface area contributed by atoms with Crippen LogP contribution in [0, 0.1) is 23.7 Å². The maximum Gasteiger partial charge on any atom is 0.0126 e. The molecule has 17 heavy (non-hydrogen) atoms. The lowest BCUT2D eigenvalue weighted by molar-refractivity contribution is 0.166. The molecule has 4 rings (SSSR count). The minimum absolute atomic E-state index is 0.511. The SMILES string of the molecule is NC1CCCC2CN(C3CC4CCC3C4)CC12. The van der Waals surface area contributed by atoms with Crippen LogP contribution in [0.3, 0.4) is 0 Å². The van der Waals surface area contributed by atoms with Crippen molar-refractivity contribution in [3.63, 3.8) is 0 Å². The van der Waals surface area contributed by atoms with Crippen molar-refractivity contribution in [1.29, 1.82) is 0 Å². The van der Waals surface area contributed by atoms with Crippen molar-refractivity contribution >= 4 is 0 Å². The molecule has 6 unspecified atom stereocenters. The fourth-order valence-corrected chi connectivity index (χ4v) is 5.48. The van der Waals surface area contributed by atoms with E-state index in [2.05, 4.69) is 4.90 Å². The molecule has 1 heterocycles. The van der Waals surface area contributed by atoms with Gasteiger partial charge in [0.15, 0.2) is 0 Å². The second-order valence-corrected chi connectivity index (χ2v) is 7.21. The summed E-state index contributed by atoms with van der Waals surface area (Å²) in [5.41, 5.74) is 6.33. The normalized spacial score (nSPS) is 54.2. The quantitative estimate of drug-likeness (QED) is 0.754. The van der Waals surface area contributed by atoms with E-state index in [1.807, 2.05) is 0 Å². The molecule has 2 bridgehead atoms. The third-order valence-electron chi connectivity index (χ3n) is 6.35. The zero-order chi connectivity index (χ0) is 11.4. The minimum atomic E-state index is 0.511. The number of fused-ring (bicyclic) bond motifs is 3. The monoisotopic (exact) mass is 234 g/mol. The molecule has 0 aromatic heterocycles. The second-order valence-electron chi connectivity index (χ2n) is 7.21. The van der Waals surface area contributed by atoms with Gasteiger partial charge in [0.05, 0.1) is 0 Å². The van der Waals surface area contributed by atoms with Gasteiger partial charge in [-0.15, -0.1) is 0 Å². The molecule has 3 saturated carbocycles. The van der Waals surface area contributed by atoms with E-state index in [9.17, 15) is 0 Å². The molecule has 0 amide bonds. The lowest BCUT2D eigenvalue weighted by Gasteiger charge is -2.31. The number of rotatable bonds is 1. The molecule has 0 aromatic carbocycles. The van der Waals surface area contributed by atoms with Gasteiger partial charge in [0, 0.05) is 25.2 Å². The summed E-state index contributed by atoms with van der Waals surface area (Å²) < 4.78 is 0. The molecule has 1 saturated heterocycles. The summed E-state index contributed by atoms with van der Waals surface area (Å²) in [4.78, 5) is 2.85. The van der Waals surface area contributed by atoms with E-state index in [1.165, 1.54) is 51.6 Å². The Hall–Kier alpha value is -0.0800. The Labute approximate surface area is 105 Å². The molecule has 2 heteroatoms. The van der Waals surface area contributed by atoms with Crippen LogP contribution in [0.2, 0.25) is 0 Å². The van der Waals surface area contributed by atoms with E-state index in [0.717, 1.165) is 29.7 Å². The first kappa shape index (κ1) is 10.8. The smallest absolute Gasteiger partial charge is 0.0126 e. The molecule has 2 N–H and O–H groups in total. The number of nitrogens with zero attached hydrogens (tertiary/aromatic N) is 1. The van der Waals surface area contributed by atoms with Crippen LogP contribution in [-0.2, 0) is 0 Å². The van der Waals surface area contributed by atoms with Gasteiger partial charge in [0.2, 0.25) is 0 Å². The molecule has 1 aliphatic heterocycles. The predicted octanol–water partition coefficient (Wildman–Crippen LogP) is 2.23. The first-order valence-corrected chi connectivity index (χ1v) is 7.81. The van der Waals surface area contributed by atoms with Crippen molar-refractivity contribution in [2.75, 3.05) is 13.1 Å². The Bertz CT molecular complexity index is 303. The Morgan fingerprint density at radius 3 is 2.53 bits per heavy atom.